The van der Waals surface area contributed by atoms with Gasteiger partial charge in [-0.1, -0.05) is 0 Å². The van der Waals surface area contributed by atoms with Crippen LogP contribution in [0.4, 0.5) is 8.78 Å². The van der Waals surface area contributed by atoms with Gasteiger partial charge in [0, 0.05) is 17.9 Å². The Morgan fingerprint density at radius 1 is 0.680 bits per heavy atom. The third-order valence-corrected chi connectivity index (χ3v) is 5.47. The second kappa shape index (κ2) is 8.24. The van der Waals surface area contributed by atoms with Crippen LogP contribution < -0.4 is 0 Å². The van der Waals surface area contributed by atoms with Gasteiger partial charge in [-0.3, -0.25) is 0 Å². The number of nitrogens with zero attached hydrogens (tertiary/aromatic N) is 4. The minimum absolute atomic E-state index is 0.247. The lowest BCUT2D eigenvalue weighted by molar-refractivity contribution is 0.638. The van der Waals surface area contributed by atoms with Crippen molar-refractivity contribution in [3.05, 3.63) is 65.1 Å². The minimum Gasteiger partial charge on any atom is -0.206 e. The van der Waals surface area contributed by atoms with E-state index in [9.17, 15) is 8.78 Å². The largest absolute Gasteiger partial charge is 0.206 e. The Morgan fingerprint density at radius 2 is 1.28 bits per heavy atom. The number of benzene rings is 2. The summed E-state index contributed by atoms with van der Waals surface area (Å²) in [5.74, 6) is -0.497. The molecule has 4 rings (SSSR count). The first-order chi connectivity index (χ1) is 12.0. The summed E-state index contributed by atoms with van der Waals surface area (Å²) in [5, 5.41) is 16.4. The Balaban J connectivity index is 0.000000146. The molecule has 0 fully saturated rings. The van der Waals surface area contributed by atoms with Crippen LogP contribution in [-0.2, 0) is 0 Å². The third-order valence-electron chi connectivity index (χ3n) is 3.20. The highest BCUT2D eigenvalue weighted by Crippen LogP contribution is 2.22. The van der Waals surface area contributed by atoms with Crippen LogP contribution in [0.25, 0.3) is 21.8 Å². The maximum atomic E-state index is 13.3. The van der Waals surface area contributed by atoms with Gasteiger partial charge in [-0.15, -0.1) is 15.3 Å². The van der Waals surface area contributed by atoms with E-state index in [4.69, 9.17) is 0 Å². The van der Waals surface area contributed by atoms with Crippen molar-refractivity contribution in [3.63, 3.8) is 0 Å². The molecule has 0 aliphatic rings. The Bertz CT molecular complexity index is 1040. The van der Waals surface area contributed by atoms with E-state index in [0.29, 0.717) is 25.5 Å². The van der Waals surface area contributed by atoms with Crippen LogP contribution in [0.2, 0.25) is 0 Å². The summed E-state index contributed by atoms with van der Waals surface area (Å²) >= 11 is 6.23. The normalized spacial score (nSPS) is 10.6. The Labute approximate surface area is 182 Å². The van der Waals surface area contributed by atoms with E-state index in [1.165, 1.54) is 18.3 Å². The fourth-order valence-corrected chi connectivity index (χ4v) is 3.63. The molecule has 0 saturated carbocycles. The van der Waals surface area contributed by atoms with Crippen LogP contribution in [-0.4, -0.2) is 20.4 Å². The zero-order chi connectivity index (χ0) is 18.0. The number of fused-ring (bicyclic) bond motifs is 2. The zero-order valence-electron chi connectivity index (χ0n) is 12.2. The van der Waals surface area contributed by atoms with Crippen molar-refractivity contribution in [1.82, 2.24) is 20.4 Å². The van der Waals surface area contributed by atoms with Gasteiger partial charge in [-0.2, -0.15) is 5.10 Å². The Morgan fingerprint density at radius 3 is 1.92 bits per heavy atom. The molecule has 0 saturated heterocycles. The number of halogens is 5. The molecule has 9 heteroatoms. The third kappa shape index (κ3) is 4.30. The van der Waals surface area contributed by atoms with Crippen LogP contribution in [0.3, 0.4) is 0 Å². The van der Waals surface area contributed by atoms with E-state index in [-0.39, 0.29) is 11.6 Å². The summed E-state index contributed by atoms with van der Waals surface area (Å²) in [6.07, 6.45) is 1.49. The van der Waals surface area contributed by atoms with Crippen LogP contribution in [0, 0.1) is 22.5 Å². The molecule has 0 bridgehead atoms. The van der Waals surface area contributed by atoms with E-state index in [2.05, 4.69) is 65.6 Å². The molecule has 0 N–H and O–H groups in total. The molecule has 0 atom stereocenters. The first-order valence-corrected chi connectivity index (χ1v) is 10.0. The summed E-state index contributed by atoms with van der Waals surface area (Å²) < 4.78 is 28.9. The molecule has 25 heavy (non-hydrogen) atoms. The quantitative estimate of drug-likeness (QED) is 0.236. The maximum absolute atomic E-state index is 13.3. The van der Waals surface area contributed by atoms with Gasteiger partial charge in [0.05, 0.1) is 6.20 Å². The molecule has 4 aromatic rings. The number of rotatable bonds is 0. The molecule has 0 unspecified atom stereocenters. The molecule has 0 aliphatic heterocycles. The van der Waals surface area contributed by atoms with Crippen LogP contribution >= 0.6 is 67.8 Å². The predicted octanol–water partition coefficient (Wildman–Crippen LogP) is 5.35. The smallest absolute Gasteiger partial charge is 0.132 e. The molecule has 0 spiro atoms. The average molecular weight is 674 g/mol. The van der Waals surface area contributed by atoms with Gasteiger partial charge in [0.1, 0.15) is 26.4 Å². The molecule has 4 nitrogen and oxygen atoms in total. The van der Waals surface area contributed by atoms with E-state index >= 15 is 0 Å². The first-order valence-electron chi connectivity index (χ1n) is 6.79. The highest BCUT2D eigenvalue weighted by molar-refractivity contribution is 14.1. The summed E-state index contributed by atoms with van der Waals surface area (Å²) in [6.45, 7) is 0. The molecule has 126 valence electrons. The topological polar surface area (TPSA) is 51.6 Å². The minimum atomic E-state index is -0.250. The van der Waals surface area contributed by atoms with Crippen LogP contribution in [0.5, 0.6) is 0 Å². The Kier molecular flexibility index (Phi) is 6.25. The standard InChI is InChI=1S/C8H3FI2N2.C8H4FIN2/c9-5-1-2-6(10)8-4(5)3-7(11)12-13-8;9-6-1-2-7(10)8-5(6)3-4-11-12-8/h1-3H;1-4H. The lowest BCUT2D eigenvalue weighted by Crippen LogP contribution is -1.92. The lowest BCUT2D eigenvalue weighted by Gasteiger charge is -1.99. The monoisotopic (exact) mass is 674 g/mol. The molecule has 0 aliphatic carbocycles. The van der Waals surface area contributed by atoms with Gasteiger partial charge in [0.25, 0.3) is 0 Å². The van der Waals surface area contributed by atoms with Gasteiger partial charge in [0.2, 0.25) is 0 Å². The molecule has 2 aromatic heterocycles. The summed E-state index contributed by atoms with van der Waals surface area (Å²) in [7, 11) is 0. The molecule has 0 radical (unpaired) electrons. The lowest BCUT2D eigenvalue weighted by atomic mass is 10.2. The fourth-order valence-electron chi connectivity index (χ4n) is 2.06. The van der Waals surface area contributed by atoms with E-state index in [1.807, 2.05) is 22.6 Å². The van der Waals surface area contributed by atoms with Crippen molar-refractivity contribution >= 4 is 89.6 Å². The highest BCUT2D eigenvalue weighted by Gasteiger charge is 2.06. The summed E-state index contributed by atoms with van der Waals surface area (Å²) in [4.78, 5) is 0. The molecule has 0 amide bonds. The summed E-state index contributed by atoms with van der Waals surface area (Å²) in [6, 6.07) is 9.58. The molecular formula is C16H7F2I3N4. The Hall–Kier alpha value is -0.830. The van der Waals surface area contributed by atoms with Crippen molar-refractivity contribution in [2.45, 2.75) is 0 Å². The van der Waals surface area contributed by atoms with Crippen LogP contribution in [0.1, 0.15) is 0 Å². The van der Waals surface area contributed by atoms with Gasteiger partial charge < -0.3 is 0 Å². The van der Waals surface area contributed by atoms with E-state index in [1.54, 1.807) is 24.3 Å². The molecule has 2 heterocycles. The first kappa shape index (κ1) is 18.9. The zero-order valence-corrected chi connectivity index (χ0v) is 18.7. The second-order valence-corrected chi connectivity index (χ2v) is 8.21. The van der Waals surface area contributed by atoms with Gasteiger partial charge in [0.15, 0.2) is 0 Å². The van der Waals surface area contributed by atoms with E-state index in [0.717, 1.165) is 7.14 Å². The van der Waals surface area contributed by atoms with Crippen molar-refractivity contribution in [3.8, 4) is 0 Å². The van der Waals surface area contributed by atoms with Crippen LogP contribution in [0.15, 0.2) is 42.6 Å². The van der Waals surface area contributed by atoms with Crippen molar-refractivity contribution in [1.29, 1.82) is 0 Å². The van der Waals surface area contributed by atoms with Gasteiger partial charge in [-0.05, 0) is 104 Å². The van der Waals surface area contributed by atoms with E-state index < -0.39 is 0 Å². The SMILES string of the molecule is Fc1ccc(I)c2nnc(I)cc12.Fc1ccc(I)c2nnccc12. The highest BCUT2D eigenvalue weighted by atomic mass is 127. The fraction of sp³-hybridized carbons (Fsp3) is 0. The summed E-state index contributed by atoms with van der Waals surface area (Å²) in [5.41, 5.74) is 1.25. The van der Waals surface area contributed by atoms with Gasteiger partial charge >= 0.3 is 0 Å². The maximum Gasteiger partial charge on any atom is 0.132 e. The van der Waals surface area contributed by atoms with Crippen molar-refractivity contribution in [2.24, 2.45) is 0 Å². The van der Waals surface area contributed by atoms with Crippen molar-refractivity contribution in [2.75, 3.05) is 0 Å². The number of aromatic nitrogens is 4. The number of hydrogen-bond acceptors (Lipinski definition) is 4. The predicted molar refractivity (Wildman–Crippen MR) is 117 cm³/mol. The van der Waals surface area contributed by atoms with Crippen molar-refractivity contribution < 1.29 is 8.78 Å². The average Bonchev–Trinajstić information content (AvgIpc) is 2.62. The number of hydrogen-bond donors (Lipinski definition) is 0. The molecule has 2 aromatic carbocycles. The second-order valence-electron chi connectivity index (χ2n) is 4.78. The molecular weight excluding hydrogens is 667 g/mol. The van der Waals surface area contributed by atoms with Gasteiger partial charge in [-0.25, -0.2) is 8.78 Å².